The number of nitrogens with one attached hydrogen (secondary N) is 1. The minimum atomic E-state index is -3.55. The van der Waals surface area contributed by atoms with Crippen LogP contribution in [-0.2, 0) is 32.7 Å². The molecule has 0 spiro atoms. The maximum atomic E-state index is 13.9. The molecule has 1 atom stereocenters. The van der Waals surface area contributed by atoms with Gasteiger partial charge >= 0.3 is 0 Å². The minimum Gasteiger partial charge on any atom is -0.378 e. The van der Waals surface area contributed by atoms with E-state index in [4.69, 9.17) is 19.6 Å². The van der Waals surface area contributed by atoms with E-state index in [9.17, 15) is 13.2 Å². The highest BCUT2D eigenvalue weighted by Gasteiger charge is 2.34. The summed E-state index contributed by atoms with van der Waals surface area (Å²) in [5.74, 6) is 0.780. The van der Waals surface area contributed by atoms with Crippen molar-refractivity contribution in [3.8, 4) is 0 Å². The Morgan fingerprint density at radius 2 is 1.89 bits per heavy atom. The lowest BCUT2D eigenvalue weighted by Crippen LogP contribution is -2.39. The Hall–Kier alpha value is -3.22. The number of morpholine rings is 1. The van der Waals surface area contributed by atoms with Crippen molar-refractivity contribution in [2.45, 2.75) is 45.4 Å². The zero-order valence-electron chi connectivity index (χ0n) is 21.6. The molecule has 202 valence electrons. The monoisotopic (exact) mass is 540 g/mol. The topological polar surface area (TPSA) is 118 Å². The largest absolute Gasteiger partial charge is 0.378 e. The van der Waals surface area contributed by atoms with Gasteiger partial charge in [-0.15, -0.1) is 0 Å². The van der Waals surface area contributed by atoms with E-state index in [0.29, 0.717) is 38.5 Å². The van der Waals surface area contributed by atoms with Crippen LogP contribution in [0.3, 0.4) is 0 Å². The molecule has 12 heteroatoms. The summed E-state index contributed by atoms with van der Waals surface area (Å²) in [5, 5.41) is 5.03. The van der Waals surface area contributed by atoms with E-state index in [-0.39, 0.29) is 17.6 Å². The first-order valence-electron chi connectivity index (χ1n) is 13.0. The lowest BCUT2D eigenvalue weighted by Gasteiger charge is -2.35. The number of hydrogen-bond acceptors (Lipinski definition) is 8. The lowest BCUT2D eigenvalue weighted by atomic mass is 9.97. The summed E-state index contributed by atoms with van der Waals surface area (Å²) < 4.78 is 39.7. The number of nitrogens with zero attached hydrogens (tertiary/aromatic N) is 5. The first-order chi connectivity index (χ1) is 18.3. The van der Waals surface area contributed by atoms with E-state index in [1.165, 1.54) is 0 Å². The van der Waals surface area contributed by atoms with Gasteiger partial charge in [-0.3, -0.25) is 9.52 Å². The van der Waals surface area contributed by atoms with Crippen molar-refractivity contribution < 1.29 is 22.7 Å². The van der Waals surface area contributed by atoms with Gasteiger partial charge in [0.05, 0.1) is 61.4 Å². The van der Waals surface area contributed by atoms with E-state index >= 15 is 0 Å². The summed E-state index contributed by atoms with van der Waals surface area (Å²) in [6, 6.07) is 6.92. The van der Waals surface area contributed by atoms with Crippen LogP contribution < -0.4 is 9.62 Å². The number of ether oxygens (including phenoxy) is 2. The van der Waals surface area contributed by atoms with Crippen molar-refractivity contribution in [2.75, 3.05) is 48.7 Å². The average Bonchev–Trinajstić information content (AvgIpc) is 3.54. The average molecular weight is 541 g/mol. The minimum absolute atomic E-state index is 0.209. The van der Waals surface area contributed by atoms with E-state index in [1.807, 2.05) is 22.4 Å². The first-order valence-corrected chi connectivity index (χ1v) is 14.9. The fourth-order valence-electron chi connectivity index (χ4n) is 5.63. The molecule has 2 aromatic heterocycles. The Bertz CT molecular complexity index is 1500. The molecule has 38 heavy (non-hydrogen) atoms. The number of piperidine rings is 1. The maximum Gasteiger partial charge on any atom is 0.256 e. The van der Waals surface area contributed by atoms with Crippen LogP contribution in [0, 0.1) is 6.92 Å². The molecule has 11 nitrogen and oxygen atoms in total. The molecule has 6 rings (SSSR count). The van der Waals surface area contributed by atoms with Crippen molar-refractivity contribution in [1.82, 2.24) is 19.5 Å². The van der Waals surface area contributed by atoms with Crippen LogP contribution in [0.1, 0.15) is 58.2 Å². The van der Waals surface area contributed by atoms with Gasteiger partial charge in [0.1, 0.15) is 5.82 Å². The predicted octanol–water partition coefficient (Wildman–Crippen LogP) is 2.64. The van der Waals surface area contributed by atoms with Crippen LogP contribution in [0.5, 0.6) is 0 Å². The van der Waals surface area contributed by atoms with Gasteiger partial charge in [-0.25, -0.2) is 13.4 Å². The second-order valence-corrected chi connectivity index (χ2v) is 12.0. The molecule has 2 saturated heterocycles. The highest BCUT2D eigenvalue weighted by atomic mass is 32.2. The van der Waals surface area contributed by atoms with Crippen molar-refractivity contribution in [2.24, 2.45) is 0 Å². The van der Waals surface area contributed by atoms with Gasteiger partial charge in [0.2, 0.25) is 10.0 Å². The molecule has 1 aromatic carbocycles. The van der Waals surface area contributed by atoms with Gasteiger partial charge in [0.15, 0.2) is 5.65 Å². The van der Waals surface area contributed by atoms with Crippen molar-refractivity contribution in [1.29, 1.82) is 0 Å². The smallest absolute Gasteiger partial charge is 0.256 e. The van der Waals surface area contributed by atoms with Crippen LogP contribution in [0.25, 0.3) is 5.65 Å². The van der Waals surface area contributed by atoms with E-state index < -0.39 is 10.0 Å². The van der Waals surface area contributed by atoms with E-state index in [1.54, 1.807) is 18.2 Å². The standard InChI is InChI=1S/C26H32N6O5S/c1-17-6-7-20(29-38(2,34)35)18(13-17)26(33)31-8-4-3-5-23(31)21-14-24-27-22-16-37-15-19(22)25(32(24)28-21)30-9-11-36-12-10-30/h6-7,13-14,23,29H,3-5,8-12,15-16H2,1-2H3. The molecule has 1 unspecified atom stereocenters. The molecule has 3 aliphatic rings. The molecule has 1 amide bonds. The van der Waals surface area contributed by atoms with Gasteiger partial charge in [0, 0.05) is 31.3 Å². The zero-order chi connectivity index (χ0) is 26.4. The summed E-state index contributed by atoms with van der Waals surface area (Å²) in [7, 11) is -3.55. The Kier molecular flexibility index (Phi) is 6.48. The fourth-order valence-corrected chi connectivity index (χ4v) is 6.21. The molecular formula is C26H32N6O5S. The van der Waals surface area contributed by atoms with Crippen LogP contribution in [-0.4, -0.2) is 72.9 Å². The number of anilines is 2. The molecule has 0 radical (unpaired) electrons. The number of hydrogen-bond donors (Lipinski definition) is 1. The second kappa shape index (κ2) is 9.83. The summed E-state index contributed by atoms with van der Waals surface area (Å²) in [5.41, 5.74) is 5.02. The van der Waals surface area contributed by atoms with Gasteiger partial charge in [-0.1, -0.05) is 11.6 Å². The number of carbonyl (C=O) groups is 1. The van der Waals surface area contributed by atoms with Crippen molar-refractivity contribution in [3.05, 3.63) is 52.3 Å². The number of carbonyl (C=O) groups excluding carboxylic acids is 1. The fraction of sp³-hybridized carbons (Fsp3) is 0.500. The second-order valence-electron chi connectivity index (χ2n) is 10.2. The van der Waals surface area contributed by atoms with E-state index in [2.05, 4.69) is 9.62 Å². The molecule has 0 aliphatic carbocycles. The SMILES string of the molecule is Cc1ccc(NS(C)(=O)=O)c(C(=O)N2CCCCC2c2cc3nc4c(c(N5CCOCC5)n3n2)COC4)c1. The Morgan fingerprint density at radius 1 is 1.08 bits per heavy atom. The third-order valence-corrected chi connectivity index (χ3v) is 7.97. The summed E-state index contributed by atoms with van der Waals surface area (Å²) >= 11 is 0. The number of benzene rings is 1. The van der Waals surface area contributed by atoms with Crippen LogP contribution >= 0.6 is 0 Å². The van der Waals surface area contributed by atoms with E-state index in [0.717, 1.165) is 72.6 Å². The third-order valence-electron chi connectivity index (χ3n) is 7.38. The van der Waals surface area contributed by atoms with Crippen molar-refractivity contribution >= 4 is 33.1 Å². The molecule has 0 saturated carbocycles. The third kappa shape index (κ3) is 4.72. The Morgan fingerprint density at radius 3 is 2.68 bits per heavy atom. The Labute approximate surface area is 221 Å². The molecule has 0 bridgehead atoms. The van der Waals surface area contributed by atoms with Gasteiger partial charge in [-0.05, 0) is 38.3 Å². The highest BCUT2D eigenvalue weighted by Crippen LogP contribution is 2.36. The number of aryl methyl sites for hydroxylation is 1. The molecule has 3 aromatic rings. The summed E-state index contributed by atoms with van der Waals surface area (Å²) in [6.45, 7) is 6.25. The highest BCUT2D eigenvalue weighted by molar-refractivity contribution is 7.92. The number of sulfonamides is 1. The number of rotatable bonds is 5. The maximum absolute atomic E-state index is 13.9. The van der Waals surface area contributed by atoms with Crippen LogP contribution in [0.4, 0.5) is 11.5 Å². The number of aromatic nitrogens is 3. The van der Waals surface area contributed by atoms with Gasteiger partial charge in [0.25, 0.3) is 5.91 Å². The van der Waals surface area contributed by atoms with Gasteiger partial charge in [-0.2, -0.15) is 9.61 Å². The molecular weight excluding hydrogens is 508 g/mol. The number of fused-ring (bicyclic) bond motifs is 2. The summed E-state index contributed by atoms with van der Waals surface area (Å²) in [4.78, 5) is 22.9. The van der Waals surface area contributed by atoms with Crippen LogP contribution in [0.15, 0.2) is 24.3 Å². The molecule has 5 heterocycles. The van der Waals surface area contributed by atoms with Crippen molar-refractivity contribution in [3.63, 3.8) is 0 Å². The lowest BCUT2D eigenvalue weighted by molar-refractivity contribution is 0.0606. The normalized spacial score (nSPS) is 20.1. The number of amides is 1. The summed E-state index contributed by atoms with van der Waals surface area (Å²) in [6.07, 6.45) is 3.70. The zero-order valence-corrected chi connectivity index (χ0v) is 22.5. The molecule has 2 fully saturated rings. The quantitative estimate of drug-likeness (QED) is 0.525. The predicted molar refractivity (Wildman–Crippen MR) is 142 cm³/mol. The number of likely N-dealkylation sites (tertiary alicyclic amines) is 1. The molecule has 3 aliphatic heterocycles. The van der Waals surface area contributed by atoms with Gasteiger partial charge < -0.3 is 19.3 Å². The van der Waals surface area contributed by atoms with Crippen LogP contribution in [0.2, 0.25) is 0 Å². The first kappa shape index (κ1) is 25.1. The molecule has 1 N–H and O–H groups in total. The Balaban J connectivity index is 1.40.